The molecule has 0 saturated carbocycles. The van der Waals surface area contributed by atoms with Gasteiger partial charge in [-0.05, 0) is 36.2 Å². The Morgan fingerprint density at radius 3 is 2.18 bits per heavy atom. The van der Waals surface area contributed by atoms with Gasteiger partial charge in [0.15, 0.2) is 11.6 Å². The van der Waals surface area contributed by atoms with Crippen LogP contribution < -0.4 is 5.32 Å². The number of nitrogens with one attached hydrogen (secondary N) is 1. The molecule has 0 aromatic heterocycles. The van der Waals surface area contributed by atoms with Crippen molar-refractivity contribution in [1.29, 1.82) is 5.26 Å². The van der Waals surface area contributed by atoms with Crippen molar-refractivity contribution in [3.8, 4) is 17.2 Å². The summed E-state index contributed by atoms with van der Waals surface area (Å²) < 4.78 is 41.5. The molecule has 3 rings (SSSR count). The van der Waals surface area contributed by atoms with Crippen LogP contribution in [0.3, 0.4) is 0 Å². The summed E-state index contributed by atoms with van der Waals surface area (Å²) in [6, 6.07) is 19.9. The highest BCUT2D eigenvalue weighted by atomic mass is 19.4. The van der Waals surface area contributed by atoms with Crippen molar-refractivity contribution in [1.82, 2.24) is 0 Å². The van der Waals surface area contributed by atoms with Gasteiger partial charge in [-0.1, -0.05) is 61.2 Å². The van der Waals surface area contributed by atoms with Gasteiger partial charge < -0.3 is 5.32 Å². The molecule has 172 valence electrons. The largest absolute Gasteiger partial charge is 0.417 e. The van der Waals surface area contributed by atoms with E-state index in [-0.39, 0.29) is 29.0 Å². The maximum absolute atomic E-state index is 13.8. The van der Waals surface area contributed by atoms with Gasteiger partial charge in [0.1, 0.15) is 0 Å². The van der Waals surface area contributed by atoms with E-state index in [4.69, 9.17) is 5.26 Å². The number of hydrogen-bond donors (Lipinski definition) is 1. The number of hydrogen-bond acceptors (Lipinski definition) is 4. The number of nitrogens with zero attached hydrogens (tertiary/aromatic N) is 1. The Bertz CT molecular complexity index is 1260. The molecule has 0 spiro atoms. The van der Waals surface area contributed by atoms with Crippen molar-refractivity contribution >= 4 is 17.3 Å². The SMILES string of the molecule is C=C(C#N)CC(Nc1ccc(C(=O)c2ccc(-c3ccccc3)cc2)c(C(F)(F)F)c1)C(C)=O. The van der Waals surface area contributed by atoms with Gasteiger partial charge in [0.05, 0.1) is 17.7 Å². The van der Waals surface area contributed by atoms with E-state index in [0.717, 1.165) is 23.3 Å². The molecule has 1 N–H and O–H groups in total. The van der Waals surface area contributed by atoms with Gasteiger partial charge in [-0.3, -0.25) is 9.59 Å². The lowest BCUT2D eigenvalue weighted by Crippen LogP contribution is -2.28. The number of halogens is 3. The van der Waals surface area contributed by atoms with E-state index in [2.05, 4.69) is 11.9 Å². The van der Waals surface area contributed by atoms with Gasteiger partial charge in [-0.2, -0.15) is 18.4 Å². The molecule has 0 heterocycles. The average molecular weight is 462 g/mol. The highest BCUT2D eigenvalue weighted by Crippen LogP contribution is 2.35. The number of carbonyl (C=O) groups is 2. The van der Waals surface area contributed by atoms with Crippen molar-refractivity contribution < 1.29 is 22.8 Å². The van der Waals surface area contributed by atoms with Crippen LogP contribution >= 0.6 is 0 Å². The monoisotopic (exact) mass is 462 g/mol. The molecule has 0 radical (unpaired) electrons. The van der Waals surface area contributed by atoms with Crippen LogP contribution in [0.2, 0.25) is 0 Å². The topological polar surface area (TPSA) is 70.0 Å². The first-order chi connectivity index (χ1) is 16.1. The fourth-order valence-corrected chi connectivity index (χ4v) is 3.46. The van der Waals surface area contributed by atoms with Gasteiger partial charge in [0, 0.05) is 28.8 Å². The van der Waals surface area contributed by atoms with E-state index in [9.17, 15) is 22.8 Å². The van der Waals surface area contributed by atoms with Gasteiger partial charge in [0.2, 0.25) is 0 Å². The summed E-state index contributed by atoms with van der Waals surface area (Å²) in [5.41, 5.74) is 0.401. The molecule has 0 aliphatic carbocycles. The van der Waals surface area contributed by atoms with E-state index in [1.165, 1.54) is 25.1 Å². The first-order valence-corrected chi connectivity index (χ1v) is 10.4. The van der Waals surface area contributed by atoms with Gasteiger partial charge >= 0.3 is 6.18 Å². The van der Waals surface area contributed by atoms with Gasteiger partial charge in [-0.15, -0.1) is 0 Å². The predicted molar refractivity (Wildman–Crippen MR) is 124 cm³/mol. The van der Waals surface area contributed by atoms with E-state index >= 15 is 0 Å². The van der Waals surface area contributed by atoms with Crippen LogP contribution in [0.15, 0.2) is 84.9 Å². The second-order valence-corrected chi connectivity index (χ2v) is 7.76. The number of benzene rings is 3. The molecule has 0 bridgehead atoms. The zero-order valence-corrected chi connectivity index (χ0v) is 18.3. The molecule has 7 heteroatoms. The van der Waals surface area contributed by atoms with Crippen molar-refractivity contribution in [2.24, 2.45) is 0 Å². The fraction of sp³-hybridized carbons (Fsp3) is 0.148. The molecule has 0 aliphatic rings. The molecule has 0 aliphatic heterocycles. The minimum absolute atomic E-state index is 0.00856. The number of alkyl halides is 3. The maximum atomic E-state index is 13.8. The molecular weight excluding hydrogens is 441 g/mol. The van der Waals surface area contributed by atoms with Gasteiger partial charge in [-0.25, -0.2) is 0 Å². The fourth-order valence-electron chi connectivity index (χ4n) is 3.46. The summed E-state index contributed by atoms with van der Waals surface area (Å²) in [5.74, 6) is -1.12. The summed E-state index contributed by atoms with van der Waals surface area (Å²) >= 11 is 0. The van der Waals surface area contributed by atoms with E-state index in [1.54, 1.807) is 12.1 Å². The smallest absolute Gasteiger partial charge is 0.375 e. The summed E-state index contributed by atoms with van der Waals surface area (Å²) in [6.07, 6.45) is -4.84. The lowest BCUT2D eigenvalue weighted by molar-refractivity contribution is -0.137. The number of ketones is 2. The number of rotatable bonds is 8. The highest BCUT2D eigenvalue weighted by molar-refractivity contribution is 6.10. The minimum atomic E-state index is -4.80. The van der Waals surface area contributed by atoms with Crippen LogP contribution in [0.1, 0.15) is 34.8 Å². The van der Waals surface area contributed by atoms with Gasteiger partial charge in [0.25, 0.3) is 0 Å². The molecule has 1 atom stereocenters. The Hall–Kier alpha value is -4.18. The van der Waals surface area contributed by atoms with Crippen molar-refractivity contribution in [3.63, 3.8) is 0 Å². The van der Waals surface area contributed by atoms with Crippen molar-refractivity contribution in [2.45, 2.75) is 25.6 Å². The number of Topliss-reactive ketones (excluding diaryl/α,β-unsaturated/α-hetero) is 1. The Balaban J connectivity index is 1.92. The first kappa shape index (κ1) is 24.5. The molecule has 34 heavy (non-hydrogen) atoms. The third-order valence-electron chi connectivity index (χ3n) is 5.26. The molecule has 1 unspecified atom stereocenters. The predicted octanol–water partition coefficient (Wildman–Crippen LogP) is 6.44. The molecule has 0 saturated heterocycles. The van der Waals surface area contributed by atoms with Crippen LogP contribution in [0.4, 0.5) is 18.9 Å². The number of anilines is 1. The second kappa shape index (κ2) is 10.2. The first-order valence-electron chi connectivity index (χ1n) is 10.4. The molecule has 3 aromatic rings. The molecule has 4 nitrogen and oxygen atoms in total. The zero-order valence-electron chi connectivity index (χ0n) is 18.3. The van der Waals surface area contributed by atoms with Crippen molar-refractivity contribution in [3.05, 3.63) is 102 Å². The quantitative estimate of drug-likeness (QED) is 0.309. The van der Waals surface area contributed by atoms with E-state index in [0.29, 0.717) is 0 Å². The number of nitriles is 1. The second-order valence-electron chi connectivity index (χ2n) is 7.76. The molecule has 0 fully saturated rings. The Morgan fingerprint density at radius 2 is 1.62 bits per heavy atom. The third kappa shape index (κ3) is 5.78. The van der Waals surface area contributed by atoms with E-state index < -0.39 is 29.1 Å². The average Bonchev–Trinajstić information content (AvgIpc) is 2.83. The maximum Gasteiger partial charge on any atom is 0.417 e. The Labute approximate surface area is 195 Å². The van der Waals surface area contributed by atoms with E-state index in [1.807, 2.05) is 36.4 Å². The molecular formula is C27H21F3N2O2. The summed E-state index contributed by atoms with van der Waals surface area (Å²) in [4.78, 5) is 24.8. The summed E-state index contributed by atoms with van der Waals surface area (Å²) in [6.45, 7) is 4.78. The van der Waals surface area contributed by atoms with Crippen LogP contribution in [0, 0.1) is 11.3 Å². The molecule has 0 amide bonds. The minimum Gasteiger partial charge on any atom is -0.375 e. The summed E-state index contributed by atoms with van der Waals surface area (Å²) in [5, 5.41) is 11.6. The molecule has 3 aromatic carbocycles. The Morgan fingerprint density at radius 1 is 1.00 bits per heavy atom. The Kier molecular flexibility index (Phi) is 7.32. The lowest BCUT2D eigenvalue weighted by atomic mass is 9.95. The zero-order chi connectivity index (χ0) is 24.9. The summed E-state index contributed by atoms with van der Waals surface area (Å²) in [7, 11) is 0. The van der Waals surface area contributed by atoms with Crippen molar-refractivity contribution in [2.75, 3.05) is 5.32 Å². The normalized spacial score (nSPS) is 11.9. The van der Waals surface area contributed by atoms with Crippen LogP contribution in [-0.4, -0.2) is 17.6 Å². The highest BCUT2D eigenvalue weighted by Gasteiger charge is 2.36. The van der Waals surface area contributed by atoms with Crippen LogP contribution in [0.25, 0.3) is 11.1 Å². The lowest BCUT2D eigenvalue weighted by Gasteiger charge is -2.19. The third-order valence-corrected chi connectivity index (χ3v) is 5.26. The standard InChI is InChI=1S/C27H21F3N2O2/c1-17(16-31)14-25(18(2)33)32-22-12-13-23(24(15-22)27(28,29)30)26(34)21-10-8-20(9-11-21)19-6-4-3-5-7-19/h3-13,15,25,32H,1,14H2,2H3. The van der Waals surface area contributed by atoms with Crippen LogP contribution in [-0.2, 0) is 11.0 Å². The van der Waals surface area contributed by atoms with Crippen LogP contribution in [0.5, 0.6) is 0 Å². The number of carbonyl (C=O) groups excluding carboxylic acids is 2.